The van der Waals surface area contributed by atoms with Gasteiger partial charge in [-0.2, -0.15) is 22.7 Å². The summed E-state index contributed by atoms with van der Waals surface area (Å²) in [5, 5.41) is 10.7. The van der Waals surface area contributed by atoms with Crippen molar-refractivity contribution in [1.29, 1.82) is 0 Å². The maximum absolute atomic E-state index is 12.7. The monoisotopic (exact) mass is 376 g/mol. The molecule has 0 radical (unpaired) electrons. The standard InChI is InChI=1S/C18H19F3N6/c19-18(20,21)13-1-3-14(4-2-13)24-17-25-15-7-10-23-16(27(15)26-17)11-12-5-8-22-9-6-12/h1-4,7,10,12,22H,5-6,8-9,11H2,(H,24,26). The Hall–Kier alpha value is -2.68. The van der Waals surface area contributed by atoms with E-state index in [9.17, 15) is 13.2 Å². The summed E-state index contributed by atoms with van der Waals surface area (Å²) in [6, 6.07) is 6.55. The molecule has 0 atom stereocenters. The smallest absolute Gasteiger partial charge is 0.323 e. The average Bonchev–Trinajstić information content (AvgIpc) is 3.06. The average molecular weight is 376 g/mol. The normalized spacial score (nSPS) is 16.0. The SMILES string of the molecule is FC(F)(F)c1ccc(Nc2nc3ccnc(CC4CCNCC4)n3n2)cc1. The number of rotatable bonds is 4. The molecule has 1 saturated heterocycles. The van der Waals surface area contributed by atoms with Crippen LogP contribution in [0.1, 0.15) is 24.2 Å². The molecule has 9 heteroatoms. The van der Waals surface area contributed by atoms with E-state index in [1.165, 1.54) is 12.1 Å². The molecule has 0 unspecified atom stereocenters. The van der Waals surface area contributed by atoms with Gasteiger partial charge in [-0.3, -0.25) is 0 Å². The molecular formula is C18H19F3N6. The molecule has 27 heavy (non-hydrogen) atoms. The molecule has 4 rings (SSSR count). The summed E-state index contributed by atoms with van der Waals surface area (Å²) < 4.78 is 39.7. The summed E-state index contributed by atoms with van der Waals surface area (Å²) in [5.41, 5.74) is 0.458. The van der Waals surface area contributed by atoms with E-state index in [4.69, 9.17) is 0 Å². The third-order valence-corrected chi connectivity index (χ3v) is 4.72. The lowest BCUT2D eigenvalue weighted by Crippen LogP contribution is -2.29. The van der Waals surface area contributed by atoms with Crippen molar-refractivity contribution in [1.82, 2.24) is 24.9 Å². The topological polar surface area (TPSA) is 67.1 Å². The fourth-order valence-corrected chi connectivity index (χ4v) is 3.27. The first kappa shape index (κ1) is 17.7. The predicted octanol–water partition coefficient (Wildman–Crippen LogP) is 3.43. The van der Waals surface area contributed by atoms with Gasteiger partial charge in [-0.25, -0.2) is 4.98 Å². The van der Waals surface area contributed by atoms with Crippen LogP contribution in [-0.4, -0.2) is 32.7 Å². The van der Waals surface area contributed by atoms with E-state index < -0.39 is 11.7 Å². The number of hydrogen-bond acceptors (Lipinski definition) is 5. The van der Waals surface area contributed by atoms with Crippen LogP contribution in [0, 0.1) is 5.92 Å². The zero-order valence-electron chi connectivity index (χ0n) is 14.5. The first-order valence-corrected chi connectivity index (χ1v) is 8.85. The van der Waals surface area contributed by atoms with Crippen LogP contribution >= 0.6 is 0 Å². The highest BCUT2D eigenvalue weighted by atomic mass is 19.4. The summed E-state index contributed by atoms with van der Waals surface area (Å²) >= 11 is 0. The minimum absolute atomic E-state index is 0.328. The van der Waals surface area contributed by atoms with Crippen LogP contribution in [0.2, 0.25) is 0 Å². The minimum Gasteiger partial charge on any atom is -0.323 e. The van der Waals surface area contributed by atoms with E-state index in [1.807, 2.05) is 0 Å². The number of fused-ring (bicyclic) bond motifs is 1. The van der Waals surface area contributed by atoms with Crippen molar-refractivity contribution in [3.05, 3.63) is 47.9 Å². The Bertz CT molecular complexity index is 913. The Morgan fingerprint density at radius 1 is 1.11 bits per heavy atom. The summed E-state index contributed by atoms with van der Waals surface area (Å²) in [4.78, 5) is 8.85. The van der Waals surface area contributed by atoms with Gasteiger partial charge in [0.25, 0.3) is 0 Å². The van der Waals surface area contributed by atoms with Crippen LogP contribution < -0.4 is 10.6 Å². The Kier molecular flexibility index (Phi) is 4.69. The number of nitrogens with zero attached hydrogens (tertiary/aromatic N) is 4. The largest absolute Gasteiger partial charge is 0.416 e. The first-order chi connectivity index (χ1) is 13.0. The number of aromatic nitrogens is 4. The van der Waals surface area contributed by atoms with Crippen LogP contribution in [0.4, 0.5) is 24.8 Å². The molecule has 142 valence electrons. The van der Waals surface area contributed by atoms with Gasteiger partial charge < -0.3 is 10.6 Å². The van der Waals surface area contributed by atoms with Crippen molar-refractivity contribution in [2.24, 2.45) is 5.92 Å². The molecule has 1 aliphatic heterocycles. The zero-order valence-corrected chi connectivity index (χ0v) is 14.5. The molecule has 3 aromatic rings. The van der Waals surface area contributed by atoms with Gasteiger partial charge in [0.15, 0.2) is 5.65 Å². The van der Waals surface area contributed by atoms with Crippen LogP contribution in [-0.2, 0) is 12.6 Å². The van der Waals surface area contributed by atoms with E-state index in [2.05, 4.69) is 25.7 Å². The number of alkyl halides is 3. The second-order valence-corrected chi connectivity index (χ2v) is 6.66. The Balaban J connectivity index is 1.53. The molecule has 3 heterocycles. The number of nitrogens with one attached hydrogen (secondary N) is 2. The highest BCUT2D eigenvalue weighted by Gasteiger charge is 2.30. The molecule has 0 amide bonds. The van der Waals surface area contributed by atoms with Gasteiger partial charge in [0.05, 0.1) is 5.56 Å². The summed E-state index contributed by atoms with van der Waals surface area (Å²) in [6.07, 6.45) is 0.381. The highest BCUT2D eigenvalue weighted by Crippen LogP contribution is 2.30. The lowest BCUT2D eigenvalue weighted by atomic mass is 9.94. The maximum atomic E-state index is 12.7. The van der Waals surface area contributed by atoms with Crippen LogP contribution in [0.15, 0.2) is 36.5 Å². The Labute approximate surface area is 153 Å². The van der Waals surface area contributed by atoms with Crippen molar-refractivity contribution in [2.75, 3.05) is 18.4 Å². The van der Waals surface area contributed by atoms with Crippen molar-refractivity contribution >= 4 is 17.3 Å². The quantitative estimate of drug-likeness (QED) is 0.730. The van der Waals surface area contributed by atoms with Crippen molar-refractivity contribution in [3.8, 4) is 0 Å². The van der Waals surface area contributed by atoms with Gasteiger partial charge in [-0.05, 0) is 56.1 Å². The van der Waals surface area contributed by atoms with Gasteiger partial charge in [0, 0.05) is 24.4 Å². The fourth-order valence-electron chi connectivity index (χ4n) is 3.27. The summed E-state index contributed by atoms with van der Waals surface area (Å²) in [7, 11) is 0. The summed E-state index contributed by atoms with van der Waals surface area (Å²) in [5.74, 6) is 1.72. The number of benzene rings is 1. The number of piperidine rings is 1. The van der Waals surface area contributed by atoms with E-state index in [1.54, 1.807) is 16.8 Å². The van der Waals surface area contributed by atoms with Crippen molar-refractivity contribution in [2.45, 2.75) is 25.4 Å². The number of hydrogen-bond donors (Lipinski definition) is 2. The predicted molar refractivity (Wildman–Crippen MR) is 94.8 cm³/mol. The van der Waals surface area contributed by atoms with Gasteiger partial charge in [0.2, 0.25) is 5.95 Å². The first-order valence-electron chi connectivity index (χ1n) is 8.85. The molecule has 0 bridgehead atoms. The summed E-state index contributed by atoms with van der Waals surface area (Å²) in [6.45, 7) is 2.03. The zero-order chi connectivity index (χ0) is 18.9. The molecule has 0 spiro atoms. The minimum atomic E-state index is -4.35. The lowest BCUT2D eigenvalue weighted by molar-refractivity contribution is -0.137. The second-order valence-electron chi connectivity index (χ2n) is 6.66. The maximum Gasteiger partial charge on any atom is 0.416 e. The second kappa shape index (κ2) is 7.15. The van der Waals surface area contributed by atoms with Gasteiger partial charge >= 0.3 is 6.18 Å². The molecule has 1 aliphatic rings. The fraction of sp³-hybridized carbons (Fsp3) is 0.389. The van der Waals surface area contributed by atoms with E-state index >= 15 is 0 Å². The molecule has 1 aromatic carbocycles. The highest BCUT2D eigenvalue weighted by molar-refractivity contribution is 5.56. The molecule has 6 nitrogen and oxygen atoms in total. The Morgan fingerprint density at radius 2 is 1.85 bits per heavy atom. The number of halogens is 3. The van der Waals surface area contributed by atoms with Gasteiger partial charge in [0.1, 0.15) is 5.82 Å². The molecular weight excluding hydrogens is 357 g/mol. The molecule has 0 aliphatic carbocycles. The third kappa shape index (κ3) is 4.02. The Morgan fingerprint density at radius 3 is 2.56 bits per heavy atom. The molecule has 1 fully saturated rings. The molecule has 2 aromatic heterocycles. The lowest BCUT2D eigenvalue weighted by Gasteiger charge is -2.22. The van der Waals surface area contributed by atoms with E-state index in [-0.39, 0.29) is 0 Å². The molecule has 2 N–H and O–H groups in total. The van der Waals surface area contributed by atoms with Gasteiger partial charge in [-0.1, -0.05) is 0 Å². The van der Waals surface area contributed by atoms with E-state index in [0.29, 0.717) is 23.2 Å². The van der Waals surface area contributed by atoms with Crippen LogP contribution in [0.3, 0.4) is 0 Å². The van der Waals surface area contributed by atoms with Crippen molar-refractivity contribution in [3.63, 3.8) is 0 Å². The van der Waals surface area contributed by atoms with Crippen molar-refractivity contribution < 1.29 is 13.2 Å². The van der Waals surface area contributed by atoms with Gasteiger partial charge in [-0.15, -0.1) is 5.10 Å². The molecule has 0 saturated carbocycles. The van der Waals surface area contributed by atoms with E-state index in [0.717, 1.165) is 50.3 Å². The number of anilines is 2. The van der Waals surface area contributed by atoms with Crippen LogP contribution in [0.5, 0.6) is 0 Å². The third-order valence-electron chi connectivity index (χ3n) is 4.72. The van der Waals surface area contributed by atoms with Crippen LogP contribution in [0.25, 0.3) is 5.65 Å².